The molecule has 0 aliphatic carbocycles. The highest BCUT2D eigenvalue weighted by Crippen LogP contribution is 2.25. The number of hydrogen-bond acceptors (Lipinski definition) is 2. The van der Waals surface area contributed by atoms with Crippen molar-refractivity contribution in [1.82, 2.24) is 5.32 Å². The minimum atomic E-state index is 0.0893. The Balaban J connectivity index is 2.77. The normalized spacial score (nSPS) is 11.8. The molecule has 0 aliphatic heterocycles. The van der Waals surface area contributed by atoms with Crippen LogP contribution in [0.2, 0.25) is 5.02 Å². The largest absolute Gasteiger partial charge is 0.329 e. The molecule has 0 bridgehead atoms. The predicted molar refractivity (Wildman–Crippen MR) is 72.4 cm³/mol. The second-order valence-corrected chi connectivity index (χ2v) is 4.53. The predicted octanol–water partition coefficient (Wildman–Crippen LogP) is 2.72. The number of halogens is 2. The van der Waals surface area contributed by atoms with Crippen LogP contribution < -0.4 is 11.1 Å². The third kappa shape index (κ3) is 3.80. The van der Waals surface area contributed by atoms with Gasteiger partial charge in [0.1, 0.15) is 0 Å². The standard InChI is InChI=1S/C12H14BrClN2/c1-2-3-6-16-12(8-15)9-4-5-10(13)11(14)7-9/h4-5,7,12,16H,6,8,15H2,1H3. The summed E-state index contributed by atoms with van der Waals surface area (Å²) in [5, 5.41) is 3.95. The molecule has 1 aromatic rings. The molecule has 1 atom stereocenters. The van der Waals surface area contributed by atoms with E-state index in [0.29, 0.717) is 18.1 Å². The maximum atomic E-state index is 6.03. The van der Waals surface area contributed by atoms with Crippen molar-refractivity contribution >= 4 is 27.5 Å². The smallest absolute Gasteiger partial charge is 0.0581 e. The van der Waals surface area contributed by atoms with Crippen LogP contribution in [-0.2, 0) is 0 Å². The quantitative estimate of drug-likeness (QED) is 0.839. The zero-order chi connectivity index (χ0) is 12.0. The molecule has 0 aliphatic rings. The van der Waals surface area contributed by atoms with E-state index in [2.05, 4.69) is 33.1 Å². The van der Waals surface area contributed by atoms with Crippen molar-refractivity contribution in [3.05, 3.63) is 33.3 Å². The summed E-state index contributed by atoms with van der Waals surface area (Å²) in [4.78, 5) is 0. The Labute approximate surface area is 110 Å². The Morgan fingerprint density at radius 3 is 2.88 bits per heavy atom. The molecule has 0 heterocycles. The van der Waals surface area contributed by atoms with E-state index < -0.39 is 0 Å². The van der Waals surface area contributed by atoms with Crippen LogP contribution in [0.5, 0.6) is 0 Å². The van der Waals surface area contributed by atoms with Crippen LogP contribution in [0.15, 0.2) is 22.7 Å². The molecular formula is C12H14BrClN2. The molecule has 0 amide bonds. The average molecular weight is 302 g/mol. The number of nitrogens with one attached hydrogen (secondary N) is 1. The van der Waals surface area contributed by atoms with Gasteiger partial charge in [-0.2, -0.15) is 0 Å². The van der Waals surface area contributed by atoms with Gasteiger partial charge in [0, 0.05) is 17.1 Å². The van der Waals surface area contributed by atoms with Crippen LogP contribution in [-0.4, -0.2) is 13.1 Å². The Kier molecular flexibility index (Phi) is 5.86. The summed E-state index contributed by atoms with van der Waals surface area (Å²) in [5.74, 6) is 5.78. The van der Waals surface area contributed by atoms with Crippen molar-refractivity contribution < 1.29 is 0 Å². The second kappa shape index (κ2) is 6.93. The van der Waals surface area contributed by atoms with Gasteiger partial charge in [0.05, 0.1) is 11.6 Å². The fourth-order valence-electron chi connectivity index (χ4n) is 1.33. The van der Waals surface area contributed by atoms with Crippen molar-refractivity contribution in [1.29, 1.82) is 0 Å². The fraction of sp³-hybridized carbons (Fsp3) is 0.333. The summed E-state index contributed by atoms with van der Waals surface area (Å²) >= 11 is 9.39. The van der Waals surface area contributed by atoms with Crippen molar-refractivity contribution in [2.45, 2.75) is 13.0 Å². The first kappa shape index (κ1) is 13.5. The van der Waals surface area contributed by atoms with Gasteiger partial charge in [-0.05, 0) is 40.5 Å². The van der Waals surface area contributed by atoms with Crippen molar-refractivity contribution in [2.24, 2.45) is 5.73 Å². The van der Waals surface area contributed by atoms with Crippen LogP contribution in [0.3, 0.4) is 0 Å². The lowest BCUT2D eigenvalue weighted by Gasteiger charge is -2.16. The molecule has 0 fully saturated rings. The highest BCUT2D eigenvalue weighted by Gasteiger charge is 2.09. The summed E-state index contributed by atoms with van der Waals surface area (Å²) < 4.78 is 0.891. The van der Waals surface area contributed by atoms with Gasteiger partial charge in [-0.3, -0.25) is 5.32 Å². The molecule has 4 heteroatoms. The summed E-state index contributed by atoms with van der Waals surface area (Å²) in [6.07, 6.45) is 0. The number of rotatable bonds is 4. The van der Waals surface area contributed by atoms with Gasteiger partial charge in [0.25, 0.3) is 0 Å². The highest BCUT2D eigenvalue weighted by atomic mass is 79.9. The third-order valence-electron chi connectivity index (χ3n) is 2.20. The second-order valence-electron chi connectivity index (χ2n) is 3.27. The van der Waals surface area contributed by atoms with Gasteiger partial charge in [-0.1, -0.05) is 23.6 Å². The zero-order valence-corrected chi connectivity index (χ0v) is 11.4. The molecule has 0 radical (unpaired) electrons. The minimum absolute atomic E-state index is 0.0893. The number of nitrogens with two attached hydrogens (primary N) is 1. The van der Waals surface area contributed by atoms with Crippen molar-refractivity contribution in [3.8, 4) is 11.8 Å². The summed E-state index contributed by atoms with van der Waals surface area (Å²) in [6, 6.07) is 5.93. The monoisotopic (exact) mass is 300 g/mol. The van der Waals surface area contributed by atoms with E-state index in [0.717, 1.165) is 10.0 Å². The number of hydrogen-bond donors (Lipinski definition) is 2. The van der Waals surface area contributed by atoms with Crippen LogP contribution in [0.1, 0.15) is 18.5 Å². The Morgan fingerprint density at radius 1 is 1.56 bits per heavy atom. The van der Waals surface area contributed by atoms with E-state index in [4.69, 9.17) is 17.3 Å². The summed E-state index contributed by atoms with van der Waals surface area (Å²) in [6.45, 7) is 2.96. The first-order valence-electron chi connectivity index (χ1n) is 4.97. The highest BCUT2D eigenvalue weighted by molar-refractivity contribution is 9.10. The maximum Gasteiger partial charge on any atom is 0.0581 e. The van der Waals surface area contributed by atoms with Gasteiger partial charge >= 0.3 is 0 Å². The molecule has 16 heavy (non-hydrogen) atoms. The molecule has 86 valence electrons. The zero-order valence-electron chi connectivity index (χ0n) is 9.06. The SMILES string of the molecule is CC#CCNC(CN)c1ccc(Br)c(Cl)c1. The maximum absolute atomic E-state index is 6.03. The summed E-state index contributed by atoms with van der Waals surface area (Å²) in [7, 11) is 0. The van der Waals surface area contributed by atoms with E-state index in [1.54, 1.807) is 0 Å². The lowest BCUT2D eigenvalue weighted by atomic mass is 10.1. The fourth-order valence-corrected chi connectivity index (χ4v) is 1.76. The van der Waals surface area contributed by atoms with Crippen LogP contribution >= 0.6 is 27.5 Å². The van der Waals surface area contributed by atoms with Crippen molar-refractivity contribution in [2.75, 3.05) is 13.1 Å². The summed E-state index contributed by atoms with van der Waals surface area (Å²) in [5.41, 5.74) is 6.79. The van der Waals surface area contributed by atoms with E-state index in [1.807, 2.05) is 25.1 Å². The van der Waals surface area contributed by atoms with E-state index in [9.17, 15) is 0 Å². The molecule has 1 aromatic carbocycles. The van der Waals surface area contributed by atoms with Gasteiger partial charge in [0.15, 0.2) is 0 Å². The van der Waals surface area contributed by atoms with Crippen LogP contribution in [0, 0.1) is 11.8 Å². The number of benzene rings is 1. The molecule has 1 rings (SSSR count). The van der Waals surface area contributed by atoms with Gasteiger partial charge in [0.2, 0.25) is 0 Å². The van der Waals surface area contributed by atoms with Crippen LogP contribution in [0.25, 0.3) is 0 Å². The van der Waals surface area contributed by atoms with E-state index in [-0.39, 0.29) is 6.04 Å². The molecule has 0 saturated carbocycles. The molecule has 0 spiro atoms. The Morgan fingerprint density at radius 2 is 2.31 bits per heavy atom. The average Bonchev–Trinajstić information content (AvgIpc) is 2.29. The molecule has 3 N–H and O–H groups in total. The molecule has 0 saturated heterocycles. The van der Waals surface area contributed by atoms with Gasteiger partial charge in [-0.25, -0.2) is 0 Å². The molecule has 2 nitrogen and oxygen atoms in total. The Hall–Kier alpha value is -0.530. The molecular weight excluding hydrogens is 288 g/mol. The molecule has 1 unspecified atom stereocenters. The van der Waals surface area contributed by atoms with E-state index in [1.165, 1.54) is 0 Å². The first-order chi connectivity index (χ1) is 7.69. The van der Waals surface area contributed by atoms with Crippen molar-refractivity contribution in [3.63, 3.8) is 0 Å². The van der Waals surface area contributed by atoms with Crippen LogP contribution in [0.4, 0.5) is 0 Å². The Bertz CT molecular complexity index is 409. The lowest BCUT2D eigenvalue weighted by Crippen LogP contribution is -2.28. The lowest BCUT2D eigenvalue weighted by molar-refractivity contribution is 0.582. The minimum Gasteiger partial charge on any atom is -0.329 e. The van der Waals surface area contributed by atoms with E-state index >= 15 is 0 Å². The third-order valence-corrected chi connectivity index (χ3v) is 3.43. The van der Waals surface area contributed by atoms with Gasteiger partial charge < -0.3 is 5.73 Å². The van der Waals surface area contributed by atoms with Gasteiger partial charge in [-0.15, -0.1) is 5.92 Å². The molecule has 0 aromatic heterocycles. The first-order valence-corrected chi connectivity index (χ1v) is 6.14. The topological polar surface area (TPSA) is 38.0 Å².